The van der Waals surface area contributed by atoms with E-state index in [0.29, 0.717) is 64.3 Å². The van der Waals surface area contributed by atoms with E-state index in [2.05, 4.69) is 33.7 Å². The Kier molecular flexibility index (Phi) is 10.6. The molecule has 54 heavy (non-hydrogen) atoms. The van der Waals surface area contributed by atoms with Gasteiger partial charge in [0.05, 0.1) is 37.0 Å². The van der Waals surface area contributed by atoms with E-state index in [9.17, 15) is 14.9 Å². The summed E-state index contributed by atoms with van der Waals surface area (Å²) in [4.78, 5) is 36.0. The summed E-state index contributed by atoms with van der Waals surface area (Å²) >= 11 is 13.0. The number of carbonyl (C=O) groups excluding carboxylic acids is 2. The largest absolute Gasteiger partial charge is 0.379 e. The van der Waals surface area contributed by atoms with Gasteiger partial charge in [-0.3, -0.25) is 14.5 Å². The molecule has 0 spiro atoms. The average molecular weight is 759 g/mol. The van der Waals surface area contributed by atoms with Crippen LogP contribution < -0.4 is 4.90 Å². The highest BCUT2D eigenvalue weighted by Gasteiger charge is 2.35. The SMILES string of the molecule is N#Cc1ccccc1CN(C(=O)c1cc(-c2cc(Cl)ccc2C(=O)N2Cc3ccccc3C[C@H]2CN2CCOCC2)n2c1CCCC2)c1ccc(Cl)cc1. The molecule has 1 atom stereocenters. The van der Waals surface area contributed by atoms with Crippen molar-refractivity contribution in [1.29, 1.82) is 5.26 Å². The molecular formula is C44H41Cl2N5O3. The number of hydrogen-bond acceptors (Lipinski definition) is 5. The van der Waals surface area contributed by atoms with Crippen LogP contribution in [-0.4, -0.2) is 65.1 Å². The standard InChI is InChI=1S/C44H41Cl2N5O3/c45-34-12-15-36(16-13-34)50(28-33-10-4-2-8-31(33)26-47)44(53)40-25-42(49-18-6-5-11-41(40)49)39-24-35(46)14-17-38(39)43(52)51-27-32-9-3-1-7-30(32)23-37(51)29-48-19-21-54-22-20-48/h1-4,7-10,12-17,24-25,37H,5-6,11,18-23,27-29H2/t37-/m0/s1. The van der Waals surface area contributed by atoms with Crippen LogP contribution in [0.15, 0.2) is 97.1 Å². The summed E-state index contributed by atoms with van der Waals surface area (Å²) in [5, 5.41) is 11.0. The van der Waals surface area contributed by atoms with Crippen molar-refractivity contribution in [2.75, 3.05) is 37.7 Å². The molecule has 8 nitrogen and oxygen atoms in total. The first-order valence-corrected chi connectivity index (χ1v) is 19.4. The van der Waals surface area contributed by atoms with Crippen molar-refractivity contribution in [3.63, 3.8) is 0 Å². The number of amides is 2. The molecule has 0 saturated carbocycles. The van der Waals surface area contributed by atoms with E-state index in [1.807, 2.05) is 59.5 Å². The van der Waals surface area contributed by atoms with Gasteiger partial charge in [-0.15, -0.1) is 0 Å². The average Bonchev–Trinajstić information content (AvgIpc) is 3.60. The second-order valence-corrected chi connectivity index (χ2v) is 15.2. The number of halogens is 2. The molecule has 10 heteroatoms. The lowest BCUT2D eigenvalue weighted by molar-refractivity contribution is 0.0193. The molecule has 2 amide bonds. The molecule has 0 aliphatic carbocycles. The molecule has 1 saturated heterocycles. The maximum Gasteiger partial charge on any atom is 0.260 e. The van der Waals surface area contributed by atoms with E-state index in [0.717, 1.165) is 67.8 Å². The van der Waals surface area contributed by atoms with Gasteiger partial charge in [-0.05, 0) is 97.0 Å². The second kappa shape index (κ2) is 15.8. The van der Waals surface area contributed by atoms with Crippen LogP contribution in [0.25, 0.3) is 11.3 Å². The fourth-order valence-electron chi connectivity index (χ4n) is 8.21. The maximum absolute atomic E-state index is 15.0. The Bertz CT molecular complexity index is 2240. The number of nitrogens with zero attached hydrogens (tertiary/aromatic N) is 5. The lowest BCUT2D eigenvalue weighted by atomic mass is 9.92. The van der Waals surface area contributed by atoms with Gasteiger partial charge in [0.1, 0.15) is 0 Å². The molecule has 0 N–H and O–H groups in total. The quantitative estimate of drug-likeness (QED) is 0.159. The Morgan fingerprint density at radius 2 is 1.57 bits per heavy atom. The number of rotatable bonds is 8. The number of ether oxygens (including phenoxy) is 1. The van der Waals surface area contributed by atoms with Crippen molar-refractivity contribution < 1.29 is 14.3 Å². The molecule has 0 radical (unpaired) electrons. The molecule has 274 valence electrons. The molecule has 1 aromatic heterocycles. The number of morpholine rings is 1. The summed E-state index contributed by atoms with van der Waals surface area (Å²) in [7, 11) is 0. The minimum absolute atomic E-state index is 0.0170. The van der Waals surface area contributed by atoms with Crippen LogP contribution in [0.4, 0.5) is 5.69 Å². The Balaban J connectivity index is 1.20. The number of benzene rings is 4. The van der Waals surface area contributed by atoms with Crippen LogP contribution in [0.2, 0.25) is 10.0 Å². The first kappa shape index (κ1) is 36.1. The summed E-state index contributed by atoms with van der Waals surface area (Å²) in [6.45, 7) is 5.27. The summed E-state index contributed by atoms with van der Waals surface area (Å²) in [6.07, 6.45) is 3.39. The van der Waals surface area contributed by atoms with Crippen molar-refractivity contribution in [2.45, 2.75) is 51.4 Å². The minimum Gasteiger partial charge on any atom is -0.379 e. The lowest BCUT2D eigenvalue weighted by Crippen LogP contribution is -2.52. The van der Waals surface area contributed by atoms with Crippen molar-refractivity contribution in [3.8, 4) is 17.3 Å². The normalized spacial score (nSPS) is 17.0. The van der Waals surface area contributed by atoms with Crippen molar-refractivity contribution in [3.05, 3.63) is 146 Å². The number of nitriles is 1. The Hall–Kier alpha value is -4.91. The van der Waals surface area contributed by atoms with Crippen LogP contribution in [0, 0.1) is 11.3 Å². The molecule has 3 aliphatic heterocycles. The van der Waals surface area contributed by atoms with E-state index >= 15 is 0 Å². The lowest BCUT2D eigenvalue weighted by Gasteiger charge is -2.40. The van der Waals surface area contributed by atoms with Gasteiger partial charge in [-0.25, -0.2) is 0 Å². The Morgan fingerprint density at radius 3 is 2.37 bits per heavy atom. The van der Waals surface area contributed by atoms with E-state index < -0.39 is 0 Å². The van der Waals surface area contributed by atoms with Gasteiger partial charge in [-0.1, -0.05) is 65.7 Å². The molecular weight excluding hydrogens is 717 g/mol. The number of carbonyl (C=O) groups is 2. The molecule has 4 aromatic carbocycles. The summed E-state index contributed by atoms with van der Waals surface area (Å²) < 4.78 is 7.84. The smallest absolute Gasteiger partial charge is 0.260 e. The van der Waals surface area contributed by atoms with Crippen LogP contribution >= 0.6 is 23.2 Å². The third-order valence-corrected chi connectivity index (χ3v) is 11.5. The van der Waals surface area contributed by atoms with Crippen molar-refractivity contribution in [1.82, 2.24) is 14.4 Å². The second-order valence-electron chi connectivity index (χ2n) is 14.3. The summed E-state index contributed by atoms with van der Waals surface area (Å²) in [5.74, 6) is -0.236. The third-order valence-electron chi connectivity index (χ3n) is 11.0. The predicted molar refractivity (Wildman–Crippen MR) is 212 cm³/mol. The number of fused-ring (bicyclic) bond motifs is 2. The molecule has 5 aromatic rings. The molecule has 1 fully saturated rings. The zero-order valence-electron chi connectivity index (χ0n) is 30.0. The van der Waals surface area contributed by atoms with Crippen LogP contribution in [-0.2, 0) is 37.2 Å². The fraction of sp³-hybridized carbons (Fsp3) is 0.295. The molecule has 0 unspecified atom stereocenters. The van der Waals surface area contributed by atoms with Gasteiger partial charge in [0, 0.05) is 77.0 Å². The van der Waals surface area contributed by atoms with Gasteiger partial charge in [-0.2, -0.15) is 5.26 Å². The van der Waals surface area contributed by atoms with Gasteiger partial charge < -0.3 is 19.1 Å². The summed E-state index contributed by atoms with van der Waals surface area (Å²) in [5.41, 5.74) is 7.95. The molecule has 3 aliphatic rings. The summed E-state index contributed by atoms with van der Waals surface area (Å²) in [6, 6.07) is 32.6. The monoisotopic (exact) mass is 757 g/mol. The van der Waals surface area contributed by atoms with Crippen LogP contribution in [0.5, 0.6) is 0 Å². The predicted octanol–water partition coefficient (Wildman–Crippen LogP) is 8.42. The maximum atomic E-state index is 15.0. The topological polar surface area (TPSA) is 81.8 Å². The van der Waals surface area contributed by atoms with Gasteiger partial charge >= 0.3 is 0 Å². The first-order chi connectivity index (χ1) is 26.4. The number of anilines is 1. The van der Waals surface area contributed by atoms with Crippen LogP contribution in [0.1, 0.15) is 61.5 Å². The van der Waals surface area contributed by atoms with E-state index in [-0.39, 0.29) is 24.4 Å². The van der Waals surface area contributed by atoms with Crippen molar-refractivity contribution in [2.24, 2.45) is 0 Å². The zero-order valence-corrected chi connectivity index (χ0v) is 31.5. The van der Waals surface area contributed by atoms with Crippen LogP contribution in [0.3, 0.4) is 0 Å². The highest BCUT2D eigenvalue weighted by atomic mass is 35.5. The third kappa shape index (κ3) is 7.30. The molecule has 4 heterocycles. The first-order valence-electron chi connectivity index (χ1n) is 18.6. The van der Waals surface area contributed by atoms with E-state index in [4.69, 9.17) is 27.9 Å². The molecule has 0 bridgehead atoms. The van der Waals surface area contributed by atoms with E-state index in [1.54, 1.807) is 29.2 Å². The van der Waals surface area contributed by atoms with E-state index in [1.165, 1.54) is 5.56 Å². The Labute approximate surface area is 326 Å². The van der Waals surface area contributed by atoms with Gasteiger partial charge in [0.2, 0.25) is 0 Å². The number of aromatic nitrogens is 1. The Morgan fingerprint density at radius 1 is 0.833 bits per heavy atom. The van der Waals surface area contributed by atoms with Crippen molar-refractivity contribution >= 4 is 40.7 Å². The molecule has 8 rings (SSSR count). The van der Waals surface area contributed by atoms with Gasteiger partial charge in [0.25, 0.3) is 11.8 Å². The highest BCUT2D eigenvalue weighted by Crippen LogP contribution is 2.37. The minimum atomic E-state index is -0.185. The zero-order chi connectivity index (χ0) is 37.2. The fourth-order valence-corrected chi connectivity index (χ4v) is 8.51. The highest BCUT2D eigenvalue weighted by molar-refractivity contribution is 6.31. The van der Waals surface area contributed by atoms with Gasteiger partial charge in [0.15, 0.2) is 0 Å². The number of hydrogen-bond donors (Lipinski definition) is 0.